The van der Waals surface area contributed by atoms with Gasteiger partial charge in [-0.15, -0.1) is 0 Å². The minimum atomic E-state index is -3.91. The van der Waals surface area contributed by atoms with Crippen molar-refractivity contribution in [2.45, 2.75) is 24.8 Å². The third-order valence-electron chi connectivity index (χ3n) is 3.59. The Morgan fingerprint density at radius 1 is 1.23 bits per heavy atom. The molecule has 1 amide bonds. The number of halogens is 2. The summed E-state index contributed by atoms with van der Waals surface area (Å²) in [6.07, 6.45) is 0. The molecular weight excluding hydrogens is 383 g/mol. The number of carbonyl (C=O) groups excluding carboxylic acids is 1. The highest BCUT2D eigenvalue weighted by molar-refractivity contribution is 7.89. The van der Waals surface area contributed by atoms with E-state index in [1.807, 2.05) is 0 Å². The Balaban J connectivity index is 2.11. The van der Waals surface area contributed by atoms with Gasteiger partial charge in [0.2, 0.25) is 15.9 Å². The van der Waals surface area contributed by atoms with Gasteiger partial charge in [0, 0.05) is 5.69 Å². The Morgan fingerprint density at radius 3 is 2.50 bits per heavy atom. The average molecular weight is 401 g/mol. The van der Waals surface area contributed by atoms with Crippen LogP contribution in [-0.4, -0.2) is 27.5 Å². The van der Waals surface area contributed by atoms with Crippen LogP contribution in [0.1, 0.15) is 12.5 Å². The molecule has 1 atom stereocenters. The molecule has 2 rings (SSSR count). The molecule has 9 heteroatoms. The van der Waals surface area contributed by atoms with Crippen molar-refractivity contribution in [2.24, 2.45) is 0 Å². The average Bonchev–Trinajstić information content (AvgIpc) is 2.57. The number of benzene rings is 2. The minimum Gasteiger partial charge on any atom is -0.496 e. The summed E-state index contributed by atoms with van der Waals surface area (Å²) in [4.78, 5) is 12.2. The van der Waals surface area contributed by atoms with Gasteiger partial charge in [-0.05, 0) is 55.8 Å². The van der Waals surface area contributed by atoms with Gasteiger partial charge in [-0.25, -0.2) is 12.8 Å². The lowest BCUT2D eigenvalue weighted by Crippen LogP contribution is -2.41. The van der Waals surface area contributed by atoms with E-state index in [0.29, 0.717) is 11.3 Å². The van der Waals surface area contributed by atoms with Crippen LogP contribution in [0.5, 0.6) is 5.75 Å². The second kappa shape index (κ2) is 8.03. The van der Waals surface area contributed by atoms with Gasteiger partial charge >= 0.3 is 0 Å². The molecule has 2 aromatic rings. The molecule has 0 unspecified atom stereocenters. The molecule has 0 radical (unpaired) electrons. The van der Waals surface area contributed by atoms with E-state index in [9.17, 15) is 17.6 Å². The molecule has 6 nitrogen and oxygen atoms in total. The van der Waals surface area contributed by atoms with Crippen molar-refractivity contribution in [2.75, 3.05) is 12.4 Å². The summed E-state index contributed by atoms with van der Waals surface area (Å²) in [6, 6.07) is 6.98. The third-order valence-corrected chi connectivity index (χ3v) is 5.42. The van der Waals surface area contributed by atoms with Crippen LogP contribution in [0.3, 0.4) is 0 Å². The monoisotopic (exact) mass is 400 g/mol. The molecule has 0 saturated heterocycles. The number of rotatable bonds is 6. The standard InChI is InChI=1S/C17H18ClFN2O4S/c1-10-8-13(5-7-16(10)25-3)26(23,24)21-11(2)17(22)20-12-4-6-15(19)14(18)9-12/h4-9,11,21H,1-3H3,(H,20,22)/t11-/m1/s1. The van der Waals surface area contributed by atoms with Crippen molar-refractivity contribution in [1.82, 2.24) is 4.72 Å². The maximum absolute atomic E-state index is 13.1. The fourth-order valence-electron chi connectivity index (χ4n) is 2.20. The van der Waals surface area contributed by atoms with Gasteiger partial charge < -0.3 is 10.1 Å². The summed E-state index contributed by atoms with van der Waals surface area (Å²) in [5.74, 6) is -0.669. The summed E-state index contributed by atoms with van der Waals surface area (Å²) >= 11 is 5.65. The van der Waals surface area contributed by atoms with Gasteiger partial charge in [0.1, 0.15) is 11.6 Å². The van der Waals surface area contributed by atoms with Gasteiger partial charge in [0.05, 0.1) is 23.1 Å². The first-order chi connectivity index (χ1) is 12.1. The fraction of sp³-hybridized carbons (Fsp3) is 0.235. The van der Waals surface area contributed by atoms with E-state index in [1.54, 1.807) is 6.92 Å². The van der Waals surface area contributed by atoms with Crippen LogP contribution >= 0.6 is 11.6 Å². The first-order valence-corrected chi connectivity index (χ1v) is 9.43. The van der Waals surface area contributed by atoms with E-state index < -0.39 is 27.8 Å². The van der Waals surface area contributed by atoms with Crippen LogP contribution in [0.2, 0.25) is 5.02 Å². The lowest BCUT2D eigenvalue weighted by molar-refractivity contribution is -0.117. The van der Waals surface area contributed by atoms with Crippen LogP contribution < -0.4 is 14.8 Å². The molecule has 0 spiro atoms. The molecule has 0 bridgehead atoms. The molecule has 0 aliphatic rings. The van der Waals surface area contributed by atoms with Crippen molar-refractivity contribution in [3.63, 3.8) is 0 Å². The topological polar surface area (TPSA) is 84.5 Å². The second-order valence-electron chi connectivity index (χ2n) is 5.59. The highest BCUT2D eigenvalue weighted by Crippen LogP contribution is 2.22. The maximum atomic E-state index is 13.1. The zero-order chi connectivity index (χ0) is 19.5. The molecular formula is C17H18ClFN2O4S. The van der Waals surface area contributed by atoms with Gasteiger partial charge in [0.15, 0.2) is 0 Å². The number of anilines is 1. The first kappa shape index (κ1) is 20.2. The van der Waals surface area contributed by atoms with Crippen LogP contribution in [0, 0.1) is 12.7 Å². The zero-order valence-corrected chi connectivity index (χ0v) is 15.9. The van der Waals surface area contributed by atoms with E-state index in [2.05, 4.69) is 10.0 Å². The molecule has 2 N–H and O–H groups in total. The molecule has 140 valence electrons. The maximum Gasteiger partial charge on any atom is 0.242 e. The number of nitrogens with one attached hydrogen (secondary N) is 2. The van der Waals surface area contributed by atoms with Gasteiger partial charge in [-0.2, -0.15) is 4.72 Å². The SMILES string of the molecule is COc1ccc(S(=O)(=O)N[C@H](C)C(=O)Nc2ccc(F)c(Cl)c2)cc1C. The van der Waals surface area contributed by atoms with E-state index in [1.165, 1.54) is 44.4 Å². The predicted molar refractivity (Wildman–Crippen MR) is 97.6 cm³/mol. The van der Waals surface area contributed by atoms with E-state index in [4.69, 9.17) is 16.3 Å². The normalized spacial score (nSPS) is 12.5. The van der Waals surface area contributed by atoms with E-state index >= 15 is 0 Å². The van der Waals surface area contributed by atoms with Gasteiger partial charge in [0.25, 0.3) is 0 Å². The quantitative estimate of drug-likeness (QED) is 0.780. The number of ether oxygens (including phenoxy) is 1. The molecule has 2 aromatic carbocycles. The van der Waals surface area contributed by atoms with Crippen LogP contribution in [0.4, 0.5) is 10.1 Å². The Hall–Kier alpha value is -2.16. The lowest BCUT2D eigenvalue weighted by Gasteiger charge is -2.15. The van der Waals surface area contributed by atoms with Crippen molar-refractivity contribution >= 4 is 33.2 Å². The summed E-state index contributed by atoms with van der Waals surface area (Å²) in [6.45, 7) is 3.11. The molecule has 0 fully saturated rings. The lowest BCUT2D eigenvalue weighted by atomic mass is 10.2. The number of amides is 1. The van der Waals surface area contributed by atoms with Crippen molar-refractivity contribution in [3.8, 4) is 5.75 Å². The zero-order valence-electron chi connectivity index (χ0n) is 14.3. The third kappa shape index (κ3) is 4.72. The Labute approximate surface area is 156 Å². The summed E-state index contributed by atoms with van der Waals surface area (Å²) < 4.78 is 45.4. The molecule has 0 aromatic heterocycles. The van der Waals surface area contributed by atoms with E-state index in [0.717, 1.165) is 6.07 Å². The Morgan fingerprint density at radius 2 is 1.92 bits per heavy atom. The number of aryl methyl sites for hydroxylation is 1. The summed E-state index contributed by atoms with van der Waals surface area (Å²) in [5, 5.41) is 2.33. The Kier molecular flexibility index (Phi) is 6.22. The van der Waals surface area contributed by atoms with Crippen molar-refractivity contribution in [3.05, 3.63) is 52.8 Å². The largest absolute Gasteiger partial charge is 0.496 e. The number of hydrogen-bond acceptors (Lipinski definition) is 4. The molecule has 0 aliphatic heterocycles. The van der Waals surface area contributed by atoms with Crippen LogP contribution in [0.15, 0.2) is 41.3 Å². The number of hydrogen-bond donors (Lipinski definition) is 2. The highest BCUT2D eigenvalue weighted by Gasteiger charge is 2.23. The Bertz CT molecular complexity index is 934. The smallest absolute Gasteiger partial charge is 0.242 e. The fourth-order valence-corrected chi connectivity index (χ4v) is 3.66. The highest BCUT2D eigenvalue weighted by atomic mass is 35.5. The second-order valence-corrected chi connectivity index (χ2v) is 7.71. The molecule has 0 aliphatic carbocycles. The number of sulfonamides is 1. The van der Waals surface area contributed by atoms with Gasteiger partial charge in [-0.1, -0.05) is 11.6 Å². The number of carbonyl (C=O) groups is 1. The van der Waals surface area contributed by atoms with Gasteiger partial charge in [-0.3, -0.25) is 4.79 Å². The van der Waals surface area contributed by atoms with Crippen LogP contribution in [0.25, 0.3) is 0 Å². The van der Waals surface area contributed by atoms with Crippen LogP contribution in [-0.2, 0) is 14.8 Å². The minimum absolute atomic E-state index is 0.0141. The molecule has 0 saturated carbocycles. The first-order valence-electron chi connectivity index (χ1n) is 7.57. The van der Waals surface area contributed by atoms with Crippen molar-refractivity contribution in [1.29, 1.82) is 0 Å². The van der Waals surface area contributed by atoms with E-state index in [-0.39, 0.29) is 15.6 Å². The summed E-state index contributed by atoms with van der Waals surface area (Å²) in [5.41, 5.74) is 0.904. The summed E-state index contributed by atoms with van der Waals surface area (Å²) in [7, 11) is -2.42. The molecule has 0 heterocycles. The number of methoxy groups -OCH3 is 1. The predicted octanol–water partition coefficient (Wildman–Crippen LogP) is 3.10. The van der Waals surface area contributed by atoms with Crippen molar-refractivity contribution < 1.29 is 22.3 Å². The molecule has 26 heavy (non-hydrogen) atoms.